The normalized spacial score (nSPS) is 12.5. The molecule has 0 aliphatic heterocycles. The smallest absolute Gasteiger partial charge is 0.188 e. The van der Waals surface area contributed by atoms with E-state index >= 15 is 0 Å². The highest BCUT2D eigenvalue weighted by molar-refractivity contribution is 5.98. The summed E-state index contributed by atoms with van der Waals surface area (Å²) < 4.78 is 6.68. The first-order valence-corrected chi connectivity index (χ1v) is 5.42. The Morgan fingerprint density at radius 3 is 2.94 bits per heavy atom. The molecule has 16 heavy (non-hydrogen) atoms. The monoisotopic (exact) mass is 225 g/mol. The molecule has 1 aromatic heterocycles. The molecule has 1 atom stereocenters. The molecule has 0 amide bonds. The van der Waals surface area contributed by atoms with Crippen LogP contribution in [0.2, 0.25) is 0 Å². The molecule has 90 valence electrons. The summed E-state index contributed by atoms with van der Waals surface area (Å²) in [4.78, 5) is 12.1. The van der Waals surface area contributed by atoms with Crippen LogP contribution in [0.25, 0.3) is 0 Å². The number of carbonyl (C=O) groups is 1. The zero-order valence-corrected chi connectivity index (χ0v) is 10.3. The van der Waals surface area contributed by atoms with Crippen LogP contribution in [-0.2, 0) is 7.05 Å². The number of carbonyl (C=O) groups excluding carboxylic acids is 1. The third kappa shape index (κ3) is 2.61. The van der Waals surface area contributed by atoms with Crippen LogP contribution in [0.1, 0.15) is 24.3 Å². The number of ketones is 1. The summed E-state index contributed by atoms with van der Waals surface area (Å²) >= 11 is 0. The molecule has 1 unspecified atom stereocenters. The van der Waals surface area contributed by atoms with Crippen LogP contribution >= 0.6 is 0 Å². The predicted octanol–water partition coefficient (Wildman–Crippen LogP) is 0.857. The number of aromatic nitrogens is 2. The van der Waals surface area contributed by atoms with Crippen LogP contribution in [0.5, 0.6) is 5.75 Å². The molecule has 1 N–H and O–H groups in total. The summed E-state index contributed by atoms with van der Waals surface area (Å²) in [6.45, 7) is 5.45. The lowest BCUT2D eigenvalue weighted by molar-refractivity contribution is 0.0916. The molecule has 0 aliphatic carbocycles. The van der Waals surface area contributed by atoms with Crippen molar-refractivity contribution in [3.63, 3.8) is 0 Å². The first-order valence-electron chi connectivity index (χ1n) is 5.42. The van der Waals surface area contributed by atoms with Crippen molar-refractivity contribution in [2.75, 3.05) is 20.2 Å². The molecule has 0 aliphatic rings. The predicted molar refractivity (Wildman–Crippen MR) is 61.8 cm³/mol. The minimum absolute atomic E-state index is 0.0535. The van der Waals surface area contributed by atoms with Gasteiger partial charge < -0.3 is 10.1 Å². The van der Waals surface area contributed by atoms with E-state index in [1.165, 1.54) is 0 Å². The lowest BCUT2D eigenvalue weighted by Crippen LogP contribution is -2.27. The second-order valence-electron chi connectivity index (χ2n) is 3.76. The van der Waals surface area contributed by atoms with Crippen LogP contribution in [-0.4, -0.2) is 35.8 Å². The molecule has 0 saturated heterocycles. The second kappa shape index (κ2) is 5.65. The summed E-state index contributed by atoms with van der Waals surface area (Å²) in [5.41, 5.74) is 0.535. The Labute approximate surface area is 95.8 Å². The van der Waals surface area contributed by atoms with E-state index in [-0.39, 0.29) is 11.7 Å². The van der Waals surface area contributed by atoms with E-state index in [4.69, 9.17) is 4.74 Å². The van der Waals surface area contributed by atoms with Crippen molar-refractivity contribution in [1.29, 1.82) is 0 Å². The number of methoxy groups -OCH3 is 1. The standard InChI is InChI=1S/C11H19N3O2/c1-5-12-6-8(2)11(15)10-9(16-4)7-13-14(10)3/h7-8,12H,5-6H2,1-4H3. The lowest BCUT2D eigenvalue weighted by atomic mass is 10.0. The van der Waals surface area contributed by atoms with Crippen molar-refractivity contribution in [2.45, 2.75) is 13.8 Å². The van der Waals surface area contributed by atoms with Crippen molar-refractivity contribution in [3.05, 3.63) is 11.9 Å². The number of ether oxygens (including phenoxy) is 1. The number of hydrogen-bond acceptors (Lipinski definition) is 4. The van der Waals surface area contributed by atoms with Crippen LogP contribution < -0.4 is 10.1 Å². The molecular formula is C11H19N3O2. The van der Waals surface area contributed by atoms with Crippen molar-refractivity contribution < 1.29 is 9.53 Å². The summed E-state index contributed by atoms with van der Waals surface area (Å²) in [6.07, 6.45) is 1.56. The molecule has 1 aromatic rings. The average molecular weight is 225 g/mol. The third-order valence-electron chi connectivity index (χ3n) is 2.51. The van der Waals surface area contributed by atoms with Crippen LogP contribution in [0.3, 0.4) is 0 Å². The molecule has 0 radical (unpaired) electrons. The summed E-state index contributed by atoms with van der Waals surface area (Å²) in [5.74, 6) is 0.512. The number of nitrogens with zero attached hydrogens (tertiary/aromatic N) is 2. The van der Waals surface area contributed by atoms with Crippen molar-refractivity contribution in [2.24, 2.45) is 13.0 Å². The van der Waals surface area contributed by atoms with E-state index in [1.807, 2.05) is 13.8 Å². The van der Waals surface area contributed by atoms with Crippen LogP contribution in [0.15, 0.2) is 6.20 Å². The number of hydrogen-bond donors (Lipinski definition) is 1. The van der Waals surface area contributed by atoms with Crippen LogP contribution in [0.4, 0.5) is 0 Å². The zero-order chi connectivity index (χ0) is 12.1. The Morgan fingerprint density at radius 2 is 2.38 bits per heavy atom. The lowest BCUT2D eigenvalue weighted by Gasteiger charge is -2.11. The van der Waals surface area contributed by atoms with Crippen molar-refractivity contribution >= 4 is 5.78 Å². The van der Waals surface area contributed by atoms with Gasteiger partial charge in [-0.3, -0.25) is 9.48 Å². The quantitative estimate of drug-likeness (QED) is 0.729. The maximum Gasteiger partial charge on any atom is 0.188 e. The minimum atomic E-state index is -0.0794. The molecule has 5 nitrogen and oxygen atoms in total. The molecule has 0 saturated carbocycles. The average Bonchev–Trinajstić information content (AvgIpc) is 2.66. The van der Waals surface area contributed by atoms with E-state index < -0.39 is 0 Å². The molecule has 1 heterocycles. The number of rotatable bonds is 6. The van der Waals surface area contributed by atoms with E-state index in [0.29, 0.717) is 18.0 Å². The molecule has 0 aromatic carbocycles. The molecular weight excluding hydrogens is 206 g/mol. The Bertz CT molecular complexity index is 360. The maximum absolute atomic E-state index is 12.1. The first-order chi connectivity index (χ1) is 7.61. The summed E-state index contributed by atoms with van der Waals surface area (Å²) in [7, 11) is 3.29. The van der Waals surface area contributed by atoms with Gasteiger partial charge >= 0.3 is 0 Å². The SMILES string of the molecule is CCNCC(C)C(=O)c1c(OC)cnn1C. The number of Topliss-reactive ketones (excluding diaryl/α,β-unsaturated/α-hetero) is 1. The third-order valence-corrected chi connectivity index (χ3v) is 2.51. The van der Waals surface area contributed by atoms with Gasteiger partial charge in [0.1, 0.15) is 5.69 Å². The summed E-state index contributed by atoms with van der Waals surface area (Å²) in [6, 6.07) is 0. The fraction of sp³-hybridized carbons (Fsp3) is 0.636. The van der Waals surface area contributed by atoms with E-state index in [9.17, 15) is 4.79 Å². The van der Waals surface area contributed by atoms with Gasteiger partial charge in [0.05, 0.1) is 13.3 Å². The maximum atomic E-state index is 12.1. The van der Waals surface area contributed by atoms with Gasteiger partial charge in [0.25, 0.3) is 0 Å². The zero-order valence-electron chi connectivity index (χ0n) is 10.3. The number of aryl methyl sites for hydroxylation is 1. The van der Waals surface area contributed by atoms with Crippen LogP contribution in [0, 0.1) is 5.92 Å². The Balaban J connectivity index is 2.82. The van der Waals surface area contributed by atoms with Gasteiger partial charge in [-0.05, 0) is 6.54 Å². The van der Waals surface area contributed by atoms with Crippen molar-refractivity contribution in [1.82, 2.24) is 15.1 Å². The van der Waals surface area contributed by atoms with Gasteiger partial charge in [0.15, 0.2) is 11.5 Å². The Morgan fingerprint density at radius 1 is 1.69 bits per heavy atom. The fourth-order valence-electron chi connectivity index (χ4n) is 1.53. The highest BCUT2D eigenvalue weighted by atomic mass is 16.5. The van der Waals surface area contributed by atoms with Gasteiger partial charge in [-0.1, -0.05) is 13.8 Å². The molecule has 5 heteroatoms. The van der Waals surface area contributed by atoms with Gasteiger partial charge in [-0.15, -0.1) is 0 Å². The molecule has 0 bridgehead atoms. The first kappa shape index (κ1) is 12.7. The van der Waals surface area contributed by atoms with Crippen molar-refractivity contribution in [3.8, 4) is 5.75 Å². The topological polar surface area (TPSA) is 56.1 Å². The molecule has 1 rings (SSSR count). The molecule has 0 fully saturated rings. The highest BCUT2D eigenvalue weighted by Crippen LogP contribution is 2.19. The largest absolute Gasteiger partial charge is 0.493 e. The van der Waals surface area contributed by atoms with E-state index in [1.54, 1.807) is 25.0 Å². The highest BCUT2D eigenvalue weighted by Gasteiger charge is 2.22. The van der Waals surface area contributed by atoms with Gasteiger partial charge in [0, 0.05) is 19.5 Å². The van der Waals surface area contributed by atoms with Gasteiger partial charge in [0.2, 0.25) is 0 Å². The fourth-order valence-corrected chi connectivity index (χ4v) is 1.53. The van der Waals surface area contributed by atoms with Gasteiger partial charge in [-0.2, -0.15) is 5.10 Å². The Kier molecular flexibility index (Phi) is 4.49. The van der Waals surface area contributed by atoms with Gasteiger partial charge in [-0.25, -0.2) is 0 Å². The molecule has 0 spiro atoms. The van der Waals surface area contributed by atoms with E-state index in [2.05, 4.69) is 10.4 Å². The second-order valence-corrected chi connectivity index (χ2v) is 3.76. The minimum Gasteiger partial charge on any atom is -0.493 e. The van der Waals surface area contributed by atoms with E-state index in [0.717, 1.165) is 6.54 Å². The Hall–Kier alpha value is -1.36. The number of nitrogens with one attached hydrogen (secondary N) is 1. The summed E-state index contributed by atoms with van der Waals surface area (Å²) in [5, 5.41) is 7.18.